The first-order chi connectivity index (χ1) is 27.5. The number of imidazole rings is 1. The van der Waals surface area contributed by atoms with Crippen LogP contribution in [0.25, 0.3) is 100 Å². The van der Waals surface area contributed by atoms with E-state index in [2.05, 4.69) is 109 Å². The zero-order chi connectivity index (χ0) is 37.8. The molecule has 2 aromatic heterocycles. The second-order valence-electron chi connectivity index (χ2n) is 14.1. The largest absolute Gasteiger partial charge is 0.328 e. The van der Waals surface area contributed by atoms with Crippen molar-refractivity contribution in [1.29, 1.82) is 0 Å². The van der Waals surface area contributed by atoms with Gasteiger partial charge in [0, 0.05) is 30.8 Å². The summed E-state index contributed by atoms with van der Waals surface area (Å²) >= 11 is 0. The van der Waals surface area contributed by atoms with E-state index < -0.39 is 0 Å². The normalized spacial score (nSPS) is 11.5. The highest BCUT2D eigenvalue weighted by Crippen LogP contribution is 2.43. The van der Waals surface area contributed by atoms with Gasteiger partial charge in [0.25, 0.3) is 0 Å². The zero-order valence-corrected chi connectivity index (χ0v) is 30.9. The maximum atomic E-state index is 12.5. The van der Waals surface area contributed by atoms with E-state index in [9.17, 15) is 4.79 Å². The first-order valence-corrected chi connectivity index (χ1v) is 18.7. The average molecular weight is 722 g/mol. The Bertz CT molecular complexity index is 3030. The van der Waals surface area contributed by atoms with Gasteiger partial charge in [0.2, 0.25) is 0 Å². The zero-order valence-electron chi connectivity index (χ0n) is 30.9. The molecule has 8 aromatic carbocycles. The van der Waals surface area contributed by atoms with Crippen LogP contribution in [0.4, 0.5) is 0 Å². The van der Waals surface area contributed by atoms with E-state index in [0.717, 1.165) is 77.1 Å². The highest BCUT2D eigenvalue weighted by molar-refractivity contribution is 6.20. The molecule has 0 saturated heterocycles. The smallest absolute Gasteiger partial charge is 0.295 e. The van der Waals surface area contributed by atoms with Crippen LogP contribution in [-0.4, -0.2) is 24.1 Å². The van der Waals surface area contributed by atoms with Gasteiger partial charge in [0.1, 0.15) is 0 Å². The summed E-state index contributed by atoms with van der Waals surface area (Å²) in [5.74, 6) is 1.92. The molecule has 0 unspecified atom stereocenters. The van der Waals surface area contributed by atoms with Crippen molar-refractivity contribution in [3.63, 3.8) is 0 Å². The molecule has 56 heavy (non-hydrogen) atoms. The van der Waals surface area contributed by atoms with E-state index in [0.29, 0.717) is 17.5 Å². The van der Waals surface area contributed by atoms with Crippen molar-refractivity contribution in [2.75, 3.05) is 0 Å². The Hall–Kier alpha value is -7.44. The lowest BCUT2D eigenvalue weighted by Gasteiger charge is -2.18. The van der Waals surface area contributed by atoms with Crippen molar-refractivity contribution in [2.45, 2.75) is 0 Å². The third-order valence-corrected chi connectivity index (χ3v) is 10.9. The SMILES string of the molecule is Cn1c(=O)n(C)c2cc(-c3ccc(-c4ccc(-c5c6ccccc6c(-c6nc(-c7ccccc7)nc(-c7ccccc7)n6)c6ccccc56)cc4)cc3)ccc21. The Kier molecular flexibility index (Phi) is 7.96. The monoisotopic (exact) mass is 721 g/mol. The molecular weight excluding hydrogens is 687 g/mol. The molecule has 0 aliphatic rings. The molecule has 6 nitrogen and oxygen atoms in total. The van der Waals surface area contributed by atoms with Crippen molar-refractivity contribution in [3.05, 3.63) is 186 Å². The Morgan fingerprint density at radius 1 is 0.339 bits per heavy atom. The summed E-state index contributed by atoms with van der Waals surface area (Å²) < 4.78 is 3.38. The predicted octanol–water partition coefficient (Wildman–Crippen LogP) is 11.4. The van der Waals surface area contributed by atoms with Crippen LogP contribution < -0.4 is 5.69 Å². The molecule has 10 rings (SSSR count). The molecule has 0 aliphatic heterocycles. The number of aryl methyl sites for hydroxylation is 2. The summed E-state index contributed by atoms with van der Waals surface area (Å²) in [5.41, 5.74) is 11.5. The van der Waals surface area contributed by atoms with Gasteiger partial charge in [0.15, 0.2) is 17.5 Å². The van der Waals surface area contributed by atoms with Gasteiger partial charge < -0.3 is 0 Å². The number of hydrogen-bond acceptors (Lipinski definition) is 4. The second kappa shape index (κ2) is 13.4. The molecule has 0 bridgehead atoms. The molecule has 2 heterocycles. The highest BCUT2D eigenvalue weighted by atomic mass is 16.1. The lowest BCUT2D eigenvalue weighted by molar-refractivity contribution is 0.795. The van der Waals surface area contributed by atoms with E-state index >= 15 is 0 Å². The van der Waals surface area contributed by atoms with Crippen molar-refractivity contribution < 1.29 is 0 Å². The van der Waals surface area contributed by atoms with Crippen LogP contribution in [0.5, 0.6) is 0 Å². The summed E-state index contributed by atoms with van der Waals surface area (Å²) in [4.78, 5) is 27.8. The molecule has 0 aliphatic carbocycles. The number of rotatable bonds is 6. The molecule has 0 N–H and O–H groups in total. The lowest BCUT2D eigenvalue weighted by Crippen LogP contribution is -2.19. The van der Waals surface area contributed by atoms with Crippen LogP contribution in [-0.2, 0) is 14.1 Å². The summed E-state index contributed by atoms with van der Waals surface area (Å²) in [7, 11) is 3.63. The fourth-order valence-corrected chi connectivity index (χ4v) is 7.97. The van der Waals surface area contributed by atoms with Gasteiger partial charge in [-0.25, -0.2) is 19.7 Å². The number of benzene rings is 8. The van der Waals surface area contributed by atoms with E-state index in [1.54, 1.807) is 9.13 Å². The van der Waals surface area contributed by atoms with Crippen LogP contribution >= 0.6 is 0 Å². The molecular formula is C50H35N5O. The van der Waals surface area contributed by atoms with E-state index in [1.807, 2.05) is 80.8 Å². The average Bonchev–Trinajstić information content (AvgIpc) is 3.48. The van der Waals surface area contributed by atoms with Crippen LogP contribution in [0.15, 0.2) is 181 Å². The Morgan fingerprint density at radius 2 is 0.714 bits per heavy atom. The van der Waals surface area contributed by atoms with Crippen LogP contribution in [0.1, 0.15) is 0 Å². The highest BCUT2D eigenvalue weighted by Gasteiger charge is 2.20. The lowest BCUT2D eigenvalue weighted by atomic mass is 9.87. The maximum absolute atomic E-state index is 12.5. The minimum Gasteiger partial charge on any atom is -0.295 e. The summed E-state index contributed by atoms with van der Waals surface area (Å²) in [6.07, 6.45) is 0. The van der Waals surface area contributed by atoms with E-state index in [4.69, 9.17) is 15.0 Å². The third-order valence-electron chi connectivity index (χ3n) is 10.9. The number of nitrogens with zero attached hydrogens (tertiary/aromatic N) is 5. The van der Waals surface area contributed by atoms with Gasteiger partial charge in [-0.2, -0.15) is 0 Å². The summed E-state index contributed by atoms with van der Waals surface area (Å²) in [6, 6.07) is 61.1. The minimum atomic E-state index is -0.0227. The van der Waals surface area contributed by atoms with Crippen molar-refractivity contribution in [2.24, 2.45) is 14.1 Å². The first kappa shape index (κ1) is 33.2. The minimum absolute atomic E-state index is 0.0227. The Morgan fingerprint density at radius 3 is 1.21 bits per heavy atom. The standard InChI is InChI=1S/C50H35N5O/c1-54-43-30-29-38(31-44(43)55(2)50(54)56)34-23-21-32(22-24-34)33-25-27-35(28-26-33)45-39-17-9-11-19-41(39)46(42-20-12-10-18-40(42)45)49-52-47(36-13-5-3-6-14-36)51-48(53-49)37-15-7-4-8-16-37/h3-31H,1-2H3. The predicted molar refractivity (Wildman–Crippen MR) is 229 cm³/mol. The van der Waals surface area contributed by atoms with Crippen LogP contribution in [0.3, 0.4) is 0 Å². The van der Waals surface area contributed by atoms with Gasteiger partial charge in [-0.05, 0) is 67.1 Å². The van der Waals surface area contributed by atoms with Gasteiger partial charge in [0.05, 0.1) is 11.0 Å². The van der Waals surface area contributed by atoms with E-state index in [-0.39, 0.29) is 5.69 Å². The fraction of sp³-hybridized carbons (Fsp3) is 0.0400. The van der Waals surface area contributed by atoms with Crippen molar-refractivity contribution in [1.82, 2.24) is 24.1 Å². The molecule has 0 spiro atoms. The van der Waals surface area contributed by atoms with Crippen LogP contribution in [0.2, 0.25) is 0 Å². The maximum Gasteiger partial charge on any atom is 0.328 e. The van der Waals surface area contributed by atoms with Gasteiger partial charge in [-0.15, -0.1) is 0 Å². The number of aromatic nitrogens is 5. The van der Waals surface area contributed by atoms with Crippen LogP contribution in [0, 0.1) is 0 Å². The molecule has 10 aromatic rings. The molecule has 0 saturated carbocycles. The Balaban J connectivity index is 1.07. The molecule has 0 fully saturated rings. The third kappa shape index (κ3) is 5.58. The van der Waals surface area contributed by atoms with Gasteiger partial charge in [-0.3, -0.25) is 9.13 Å². The first-order valence-electron chi connectivity index (χ1n) is 18.7. The molecule has 0 amide bonds. The number of fused-ring (bicyclic) bond motifs is 3. The quantitative estimate of drug-likeness (QED) is 0.160. The topological polar surface area (TPSA) is 65.6 Å². The fourth-order valence-electron chi connectivity index (χ4n) is 7.97. The summed E-state index contributed by atoms with van der Waals surface area (Å²) in [6.45, 7) is 0. The Labute approximate surface area is 323 Å². The molecule has 0 radical (unpaired) electrons. The number of hydrogen-bond donors (Lipinski definition) is 0. The molecule has 0 atom stereocenters. The second-order valence-corrected chi connectivity index (χ2v) is 14.1. The molecule has 6 heteroatoms. The van der Waals surface area contributed by atoms with E-state index in [1.165, 1.54) is 5.56 Å². The van der Waals surface area contributed by atoms with Crippen molar-refractivity contribution >= 4 is 32.6 Å². The van der Waals surface area contributed by atoms with Gasteiger partial charge in [-0.1, -0.05) is 164 Å². The van der Waals surface area contributed by atoms with Crippen molar-refractivity contribution in [3.8, 4) is 67.5 Å². The van der Waals surface area contributed by atoms with Gasteiger partial charge >= 0.3 is 5.69 Å². The molecule has 266 valence electrons. The summed E-state index contributed by atoms with van der Waals surface area (Å²) in [5, 5.41) is 4.43.